The lowest BCUT2D eigenvalue weighted by Gasteiger charge is -2.41. The quantitative estimate of drug-likeness (QED) is 0.0145. The monoisotopic (exact) mass is 1980 g/mol. The maximum Gasteiger partial charge on any atom is 0.407 e. The molecule has 0 radical (unpaired) electrons. The Bertz CT molecular complexity index is 3360. The first kappa shape index (κ1) is 129. The van der Waals surface area contributed by atoms with Crippen LogP contribution >= 0.6 is 21.6 Å². The Kier molecular flexibility index (Phi) is 74.9. The smallest absolute Gasteiger partial charge is 0.407 e. The molecule has 8 unspecified atom stereocenters. The number of alkyl carbamates (subject to hydrolysis) is 3. The van der Waals surface area contributed by atoms with Crippen LogP contribution in [0.3, 0.4) is 0 Å². The molecule has 135 heavy (non-hydrogen) atoms. The molecule has 1 heterocycles. The summed E-state index contributed by atoms with van der Waals surface area (Å²) in [7, 11) is 17.5. The number of carbonyl (C=O) groups excluding carboxylic acids is 11. The van der Waals surface area contributed by atoms with Crippen molar-refractivity contribution in [3.8, 4) is 0 Å². The summed E-state index contributed by atoms with van der Waals surface area (Å²) in [4.78, 5) is 158. The predicted octanol–water partition coefficient (Wildman–Crippen LogP) is 3.86. The van der Waals surface area contributed by atoms with Crippen LogP contribution in [0.5, 0.6) is 0 Å². The van der Waals surface area contributed by atoms with Gasteiger partial charge in [0.2, 0.25) is 41.4 Å². The van der Waals surface area contributed by atoms with Crippen LogP contribution in [-0.2, 0) is 116 Å². The van der Waals surface area contributed by atoms with Crippen LogP contribution in [0.4, 0.5) is 14.4 Å². The molecule has 0 aromatic heterocycles. The van der Waals surface area contributed by atoms with Crippen LogP contribution in [-0.4, -0.2) is 389 Å². The molecule has 1 aromatic carbocycles. The number of amides is 10. The minimum atomic E-state index is -1.01. The number of hydrogen-bond acceptors (Lipinski definition) is 34. The van der Waals surface area contributed by atoms with E-state index in [0.29, 0.717) is 58.0 Å². The maximum absolute atomic E-state index is 14.5. The molecule has 1 fully saturated rings. The van der Waals surface area contributed by atoms with E-state index in [0.717, 1.165) is 17.1 Å². The summed E-state index contributed by atoms with van der Waals surface area (Å²) >= 11 is 0. The number of methoxy groups -OCH3 is 6. The maximum atomic E-state index is 14.5. The summed E-state index contributed by atoms with van der Waals surface area (Å²) in [5, 5.41) is 74.4. The van der Waals surface area contributed by atoms with Crippen LogP contribution in [0, 0.1) is 23.7 Å². The van der Waals surface area contributed by atoms with E-state index in [1.54, 1.807) is 45.4 Å². The van der Waals surface area contributed by atoms with Crippen LogP contribution in [0.25, 0.3) is 0 Å². The van der Waals surface area contributed by atoms with E-state index in [4.69, 9.17) is 91.8 Å². The third-order valence-electron chi connectivity index (χ3n) is 21.3. The first-order chi connectivity index (χ1) is 64.3. The molecule has 43 nitrogen and oxygen atoms in total. The zero-order chi connectivity index (χ0) is 103. The van der Waals surface area contributed by atoms with Crippen molar-refractivity contribution >= 4 is 93.2 Å². The SMILES string of the molecule is CCC(CO)OC(CO)OC.CCC(CO)OC(COC(=O)NCCC(=O)N[C@@H](C)C(=O)OCCCNC(=O)[C@@H](Cc1ccccc1)NC(=O)[C@H](C)[C@@H](OC)[C@@H]1CCCN1C(=O)C[C@@H](OC)[C@H]([C@@H](C)CC)N(C)C(=O)[C@@H](NC(=O)[C@H](C(C)C)N(C)C)C(C)C)OC.CCC(CO)OC(COC(=O)NCCC(=O)O)OC.CCSSCCNC(=O)CCNC(=O)OCC(OC)OC(CC)CO. The molecule has 18 atom stereocenters. The Morgan fingerprint density at radius 3 is 1.40 bits per heavy atom. The van der Waals surface area contributed by atoms with Crippen molar-refractivity contribution in [3.05, 3.63) is 35.9 Å². The molecule has 1 aliphatic heterocycles. The third kappa shape index (κ3) is 56.2. The number of ether oxygens (including phenoxy) is 14. The number of likely N-dealkylation sites (N-methyl/N-ethyl adjacent to an activating group) is 2. The fourth-order valence-electron chi connectivity index (χ4n) is 13.3. The van der Waals surface area contributed by atoms with Crippen LogP contribution < -0.4 is 42.5 Å². The van der Waals surface area contributed by atoms with Gasteiger partial charge in [-0.25, -0.2) is 19.2 Å². The van der Waals surface area contributed by atoms with Gasteiger partial charge in [0.1, 0.15) is 37.9 Å². The van der Waals surface area contributed by atoms with Gasteiger partial charge in [-0.1, -0.05) is 141 Å². The standard InChI is InChI=1S/C57H98N8O15.C15H30N2O6S2.C11H21NO7.C7H16O4/c1-16-37(7)50(64(12)55(72)48(35(3)4)62-54(71)49(36(5)6)63(10)11)44(75-13)32-46(68)65-29-21-25-43(65)51(77-15)38(8)52(69)61-42(31-40-23-19-18-20-24-40)53(70)58-27-22-30-78-56(73)39(9)60-45(67)26-28-59-57(74)79-34-47(76-14)80-41(17-2)33-66;1-4-12(10-18)23-14(21-3)11-22-15(20)17-7-6-13(19)16-8-9-25-24-5-2;1-3-8(6-13)19-10(17-2)7-18-11(16)12-5-4-9(14)15;1-3-6(4-8)11-7(5-9)10-2/h18-20,23-24,35-39,41-44,47-51,66H,16-17,21-22,25-34H2,1-15H3,(H,58,70)(H,59,74)(H,60,67)(H,61,69)(H,62,71);12,14,18H,4-11H2,1-3H3,(H,16,19)(H,17,20);8,10,13H,3-7H2,1-2H3,(H,12,16)(H,14,15);6-9H,3-5H2,1-2H3/t37-,38+,39-,41?,42+,43-,44+,47?,48-,49-,50-,51+;;;/m0.../s1. The number of aliphatic hydroxyl groups excluding tert-OH is 5. The number of aliphatic hydroxyl groups is 5. The van der Waals surface area contributed by atoms with Gasteiger partial charge in [0, 0.05) is 120 Å². The Morgan fingerprint density at radius 1 is 0.504 bits per heavy atom. The van der Waals surface area contributed by atoms with Gasteiger partial charge in [-0.3, -0.25) is 43.3 Å². The highest BCUT2D eigenvalue weighted by Gasteiger charge is 2.44. The highest BCUT2D eigenvalue weighted by molar-refractivity contribution is 8.76. The molecule has 0 aliphatic carbocycles. The zero-order valence-corrected chi connectivity index (χ0v) is 85.2. The van der Waals surface area contributed by atoms with E-state index in [-0.39, 0.29) is 184 Å². The van der Waals surface area contributed by atoms with Gasteiger partial charge in [-0.2, -0.15) is 0 Å². The Hall–Kier alpha value is -7.68. The minimum Gasteiger partial charge on any atom is -0.481 e. The number of esters is 1. The number of benzene rings is 1. The molecule has 0 saturated carbocycles. The molecule has 45 heteroatoms. The summed E-state index contributed by atoms with van der Waals surface area (Å²) in [6, 6.07) is 4.92. The number of nitrogens with zero attached hydrogens (tertiary/aromatic N) is 3. The van der Waals surface area contributed by atoms with Crippen molar-refractivity contribution < 1.29 is 154 Å². The van der Waals surface area contributed by atoms with Crippen LogP contribution in [0.1, 0.15) is 173 Å². The molecule has 0 bridgehead atoms. The fourth-order valence-corrected chi connectivity index (χ4v) is 14.9. The highest BCUT2D eigenvalue weighted by atomic mass is 33.1. The number of likely N-dealkylation sites (tertiary alicyclic amines) is 1. The summed E-state index contributed by atoms with van der Waals surface area (Å²) in [5.41, 5.74) is 0.798. The highest BCUT2D eigenvalue weighted by Crippen LogP contribution is 2.31. The van der Waals surface area contributed by atoms with Gasteiger partial charge in [-0.05, 0) is 89.3 Å². The first-order valence-electron chi connectivity index (χ1n) is 46.2. The van der Waals surface area contributed by atoms with Crippen molar-refractivity contribution in [2.24, 2.45) is 23.7 Å². The lowest BCUT2D eigenvalue weighted by atomic mass is 9.89. The fraction of sp³-hybridized carbons (Fsp3) is 0.800. The van der Waals surface area contributed by atoms with Gasteiger partial charge in [0.25, 0.3) is 0 Å². The minimum absolute atomic E-state index is 0.00388. The number of rotatable bonds is 68. The molecule has 1 aromatic rings. The number of nitrogens with one attached hydrogen (secondary N) is 8. The average molecular weight is 1980 g/mol. The van der Waals surface area contributed by atoms with Crippen LogP contribution in [0.2, 0.25) is 0 Å². The van der Waals surface area contributed by atoms with E-state index in [2.05, 4.69) is 49.5 Å². The van der Waals surface area contributed by atoms with Crippen molar-refractivity contribution in [2.75, 3.05) is 174 Å². The predicted molar refractivity (Wildman–Crippen MR) is 506 cm³/mol. The summed E-state index contributed by atoms with van der Waals surface area (Å²) in [6.45, 7) is 24.3. The second-order valence-electron chi connectivity index (χ2n) is 32.4. The topological polar surface area (TPSA) is 561 Å². The molecule has 784 valence electrons. The van der Waals surface area contributed by atoms with E-state index >= 15 is 0 Å². The summed E-state index contributed by atoms with van der Waals surface area (Å²) < 4.78 is 73.5. The lowest BCUT2D eigenvalue weighted by molar-refractivity contribution is -0.181. The van der Waals surface area contributed by atoms with Gasteiger partial charge >= 0.3 is 30.2 Å². The molecular weight excluding hydrogens is 1810 g/mol. The molecule has 14 N–H and O–H groups in total. The van der Waals surface area contributed by atoms with Gasteiger partial charge < -0.3 is 149 Å². The first-order valence-corrected chi connectivity index (χ1v) is 48.7. The second kappa shape index (κ2) is 78.2. The molecular formula is C90H165N11O32S2. The number of carboxylic acids is 1. The van der Waals surface area contributed by atoms with Crippen molar-refractivity contribution in [1.29, 1.82) is 0 Å². The van der Waals surface area contributed by atoms with E-state index < -0.39 is 134 Å². The molecule has 1 saturated heterocycles. The largest absolute Gasteiger partial charge is 0.481 e. The van der Waals surface area contributed by atoms with E-state index in [9.17, 15) is 62.6 Å². The normalized spacial score (nSPS) is 16.1. The molecule has 10 amide bonds. The Balaban J connectivity index is 0. The van der Waals surface area contributed by atoms with E-state index in [1.165, 1.54) is 49.6 Å². The van der Waals surface area contributed by atoms with Gasteiger partial charge in [0.15, 0.2) is 25.2 Å². The van der Waals surface area contributed by atoms with Crippen molar-refractivity contribution in [2.45, 2.75) is 272 Å². The zero-order valence-electron chi connectivity index (χ0n) is 83.6. The molecule has 0 spiro atoms. The lowest BCUT2D eigenvalue weighted by Crippen LogP contribution is -2.59. The van der Waals surface area contributed by atoms with Crippen LogP contribution in [0.15, 0.2) is 30.3 Å². The number of aliphatic carboxylic acids is 1. The summed E-state index contributed by atoms with van der Waals surface area (Å²) in [5.74, 6) is -3.25. The third-order valence-corrected chi connectivity index (χ3v) is 23.8. The molecule has 2 rings (SSSR count). The molecule has 1 aliphatic rings. The van der Waals surface area contributed by atoms with E-state index in [1.807, 2.05) is 119 Å². The van der Waals surface area contributed by atoms with Gasteiger partial charge in [-0.15, -0.1) is 0 Å². The van der Waals surface area contributed by atoms with Crippen molar-refractivity contribution in [1.82, 2.24) is 57.2 Å². The Morgan fingerprint density at radius 2 is 0.985 bits per heavy atom. The number of carbonyl (C=O) groups is 12. The summed E-state index contributed by atoms with van der Waals surface area (Å²) in [6.07, 6.45) is -3.62. The average Bonchev–Trinajstić information content (AvgIpc) is 1.66. The second-order valence-corrected chi connectivity index (χ2v) is 35.2. The Labute approximate surface area is 806 Å². The van der Waals surface area contributed by atoms with Gasteiger partial charge in [0.05, 0.1) is 113 Å². The number of hydrogen-bond donors (Lipinski definition) is 14. The van der Waals surface area contributed by atoms with Crippen molar-refractivity contribution in [3.63, 3.8) is 0 Å². The number of carboxylic acid groups (broad SMARTS) is 1.